The number of rotatable bonds is 14. The van der Waals surface area contributed by atoms with Crippen molar-refractivity contribution < 1.29 is 37.3 Å². The summed E-state index contributed by atoms with van der Waals surface area (Å²) in [5.41, 5.74) is 3.23. The van der Waals surface area contributed by atoms with Crippen LogP contribution in [0.3, 0.4) is 0 Å². The summed E-state index contributed by atoms with van der Waals surface area (Å²) in [5.74, 6) is 3.24. The molecule has 0 aliphatic carbocycles. The van der Waals surface area contributed by atoms with Gasteiger partial charge in [0.2, 0.25) is 0 Å². The van der Waals surface area contributed by atoms with Crippen molar-refractivity contribution >= 4 is 11.9 Å². The summed E-state index contributed by atoms with van der Waals surface area (Å²) in [6.07, 6.45) is 3.05. The smallest absolute Gasteiger partial charge is 0.338 e. The average Bonchev–Trinajstić information content (AvgIpc) is 3.53. The van der Waals surface area contributed by atoms with Crippen molar-refractivity contribution in [3.8, 4) is 23.0 Å². The van der Waals surface area contributed by atoms with Gasteiger partial charge in [0.25, 0.3) is 0 Å². The predicted octanol–water partition coefficient (Wildman–Crippen LogP) is 8.23. The molecule has 1 saturated heterocycles. The predicted molar refractivity (Wildman–Crippen MR) is 172 cm³/mol. The zero-order chi connectivity index (χ0) is 32.9. The molecular formula is C38H42F2O6. The Labute approximate surface area is 270 Å². The first-order chi connectivity index (χ1) is 22.4. The van der Waals surface area contributed by atoms with E-state index in [9.17, 15) is 18.4 Å². The molecule has 2 atom stereocenters. The number of carbonyl (C=O) groups is 2. The fourth-order valence-electron chi connectivity index (χ4n) is 4.93. The molecule has 1 aliphatic rings. The van der Waals surface area contributed by atoms with Crippen LogP contribution in [0.2, 0.25) is 0 Å². The van der Waals surface area contributed by atoms with Gasteiger partial charge in [-0.2, -0.15) is 0 Å². The molecule has 0 N–H and O–H groups in total. The molecule has 0 unspecified atom stereocenters. The monoisotopic (exact) mass is 632 g/mol. The second-order valence-electron chi connectivity index (χ2n) is 11.3. The maximum Gasteiger partial charge on any atom is 0.338 e. The Kier molecular flexibility index (Phi) is 13.3. The van der Waals surface area contributed by atoms with E-state index in [0.29, 0.717) is 47.1 Å². The van der Waals surface area contributed by atoms with Crippen LogP contribution in [0, 0.1) is 23.5 Å². The third kappa shape index (κ3) is 9.24. The number of carbonyl (C=O) groups excluding carboxylic acids is 2. The maximum absolute atomic E-state index is 14.9. The van der Waals surface area contributed by atoms with Crippen LogP contribution in [0.4, 0.5) is 8.78 Å². The Morgan fingerprint density at radius 2 is 1.20 bits per heavy atom. The molecule has 1 fully saturated rings. The van der Waals surface area contributed by atoms with Crippen LogP contribution in [0.25, 0.3) is 11.1 Å². The van der Waals surface area contributed by atoms with Gasteiger partial charge in [-0.1, -0.05) is 94.7 Å². The highest BCUT2D eigenvalue weighted by atomic mass is 19.2. The van der Waals surface area contributed by atoms with Gasteiger partial charge in [0.05, 0.1) is 13.2 Å². The molecule has 3 aromatic carbocycles. The van der Waals surface area contributed by atoms with Gasteiger partial charge in [-0.05, 0) is 61.1 Å². The highest BCUT2D eigenvalue weighted by molar-refractivity contribution is 5.86. The van der Waals surface area contributed by atoms with Crippen molar-refractivity contribution in [3.05, 3.63) is 94.6 Å². The molecule has 46 heavy (non-hydrogen) atoms. The van der Waals surface area contributed by atoms with Gasteiger partial charge in [-0.15, -0.1) is 0 Å². The number of hydrogen-bond acceptors (Lipinski definition) is 6. The third-order valence-corrected chi connectivity index (χ3v) is 7.71. The first-order valence-corrected chi connectivity index (χ1v) is 16.2. The molecular weight excluding hydrogens is 590 g/mol. The van der Waals surface area contributed by atoms with E-state index in [0.717, 1.165) is 32.1 Å². The quantitative estimate of drug-likeness (QED) is 0.101. The second kappa shape index (κ2) is 17.6. The van der Waals surface area contributed by atoms with E-state index in [1.165, 1.54) is 0 Å². The summed E-state index contributed by atoms with van der Waals surface area (Å²) in [7, 11) is 0. The number of unbranched alkanes of at least 4 members (excludes halogenated alkanes) is 4. The number of halogens is 2. The average molecular weight is 633 g/mol. The zero-order valence-electron chi connectivity index (χ0n) is 26.8. The Morgan fingerprint density at radius 3 is 1.72 bits per heavy atom. The van der Waals surface area contributed by atoms with E-state index in [1.54, 1.807) is 60.7 Å². The normalized spacial score (nSPS) is 16.1. The van der Waals surface area contributed by atoms with Crippen molar-refractivity contribution in [1.82, 2.24) is 0 Å². The van der Waals surface area contributed by atoms with Crippen LogP contribution in [0.5, 0.6) is 0 Å². The molecule has 0 bridgehead atoms. The Morgan fingerprint density at radius 1 is 0.674 bits per heavy atom. The number of benzene rings is 3. The summed E-state index contributed by atoms with van der Waals surface area (Å²) in [6.45, 7) is 6.50. The highest BCUT2D eigenvalue weighted by Gasteiger charge is 2.47. The van der Waals surface area contributed by atoms with Crippen LogP contribution < -0.4 is 0 Å². The minimum absolute atomic E-state index is 0.219. The van der Waals surface area contributed by atoms with Crippen molar-refractivity contribution in [2.45, 2.75) is 90.6 Å². The summed E-state index contributed by atoms with van der Waals surface area (Å²) in [5, 5.41) is 0. The van der Waals surface area contributed by atoms with Crippen LogP contribution in [-0.2, 0) is 35.0 Å². The molecule has 8 heteroatoms. The number of esters is 2. The maximum atomic E-state index is 14.9. The summed E-state index contributed by atoms with van der Waals surface area (Å²) in [6, 6.07) is 17.4. The van der Waals surface area contributed by atoms with Gasteiger partial charge in [-0.25, -0.2) is 18.4 Å². The van der Waals surface area contributed by atoms with E-state index in [1.807, 2.05) is 13.8 Å². The lowest BCUT2D eigenvalue weighted by Gasteiger charge is -2.14. The molecule has 4 rings (SSSR count). The first kappa shape index (κ1) is 34.8. The first-order valence-electron chi connectivity index (χ1n) is 16.2. The van der Waals surface area contributed by atoms with Gasteiger partial charge in [-0.3, -0.25) is 0 Å². The van der Waals surface area contributed by atoms with Crippen LogP contribution in [0.15, 0.2) is 60.7 Å². The molecule has 0 amide bonds. The molecule has 6 nitrogen and oxygen atoms in total. The Hall–Kier alpha value is -4.06. The van der Waals surface area contributed by atoms with Crippen LogP contribution >= 0.6 is 0 Å². The molecule has 1 aliphatic heterocycles. The largest absolute Gasteiger partial charge is 0.464 e. The summed E-state index contributed by atoms with van der Waals surface area (Å²) < 4.78 is 51.8. The fraction of sp³-hybridized carbons (Fsp3) is 0.421. The zero-order valence-corrected chi connectivity index (χ0v) is 26.8. The Bertz CT molecular complexity index is 1480. The van der Waals surface area contributed by atoms with Crippen molar-refractivity contribution in [2.24, 2.45) is 0 Å². The SMILES string of the molecule is CCCCCc1ccc(-c2ccc(C#Cc3ccc(C4O[C@@H](C(=O)OCCCC)[C@H](C(=O)OCCCC)O4)cc3)cc2)c(F)c1F. The lowest BCUT2D eigenvalue weighted by Crippen LogP contribution is -2.39. The van der Waals surface area contributed by atoms with Crippen LogP contribution in [0.1, 0.15) is 94.3 Å². The van der Waals surface area contributed by atoms with Crippen molar-refractivity contribution in [3.63, 3.8) is 0 Å². The lowest BCUT2D eigenvalue weighted by molar-refractivity contribution is -0.163. The van der Waals surface area contributed by atoms with Gasteiger partial charge in [0.15, 0.2) is 30.1 Å². The Balaban J connectivity index is 1.41. The third-order valence-electron chi connectivity index (χ3n) is 7.71. The van der Waals surface area contributed by atoms with E-state index >= 15 is 0 Å². The molecule has 0 spiro atoms. The topological polar surface area (TPSA) is 71.1 Å². The number of ether oxygens (including phenoxy) is 4. The molecule has 3 aromatic rings. The second-order valence-corrected chi connectivity index (χ2v) is 11.3. The highest BCUT2D eigenvalue weighted by Crippen LogP contribution is 2.33. The van der Waals surface area contributed by atoms with Crippen LogP contribution in [-0.4, -0.2) is 37.4 Å². The van der Waals surface area contributed by atoms with E-state index in [2.05, 4.69) is 18.8 Å². The van der Waals surface area contributed by atoms with Gasteiger partial charge in [0, 0.05) is 22.3 Å². The summed E-state index contributed by atoms with van der Waals surface area (Å²) >= 11 is 0. The van der Waals surface area contributed by atoms with Gasteiger partial charge in [0.1, 0.15) is 0 Å². The van der Waals surface area contributed by atoms with Gasteiger partial charge >= 0.3 is 11.9 Å². The molecule has 0 saturated carbocycles. The van der Waals surface area contributed by atoms with E-state index < -0.39 is 42.1 Å². The molecule has 0 aromatic heterocycles. The fourth-order valence-corrected chi connectivity index (χ4v) is 4.93. The minimum atomic E-state index is -1.23. The lowest BCUT2D eigenvalue weighted by atomic mass is 9.99. The molecule has 244 valence electrons. The van der Waals surface area contributed by atoms with E-state index in [-0.39, 0.29) is 18.8 Å². The van der Waals surface area contributed by atoms with Gasteiger partial charge < -0.3 is 18.9 Å². The van der Waals surface area contributed by atoms with E-state index in [4.69, 9.17) is 18.9 Å². The number of hydrogen-bond donors (Lipinski definition) is 0. The standard InChI is InChI=1S/C38H42F2O6/c1-4-7-10-11-29-22-23-31(33(40)32(29)39)28-18-14-26(15-19-28)12-13-27-16-20-30(21-17-27)38-45-34(36(41)43-24-8-5-2)35(46-38)37(42)44-25-9-6-3/h14-23,34-35,38H,4-11,24-25H2,1-3H3/t34-,35-/m1/s1. The molecule has 0 radical (unpaired) electrons. The number of aryl methyl sites for hydroxylation is 1. The minimum Gasteiger partial charge on any atom is -0.464 e. The summed E-state index contributed by atoms with van der Waals surface area (Å²) in [4.78, 5) is 25.4. The molecule has 1 heterocycles. The van der Waals surface area contributed by atoms with Crippen molar-refractivity contribution in [2.75, 3.05) is 13.2 Å². The van der Waals surface area contributed by atoms with Crippen molar-refractivity contribution in [1.29, 1.82) is 0 Å².